The van der Waals surface area contributed by atoms with E-state index in [2.05, 4.69) is 5.32 Å². The van der Waals surface area contributed by atoms with Crippen molar-refractivity contribution in [1.29, 1.82) is 5.26 Å². The van der Waals surface area contributed by atoms with Crippen LogP contribution in [0.25, 0.3) is 0 Å². The van der Waals surface area contributed by atoms with Gasteiger partial charge in [0.15, 0.2) is 9.84 Å². The number of nitrogen functional groups attached to an aromatic ring is 1. The van der Waals surface area contributed by atoms with Crippen molar-refractivity contribution in [1.82, 2.24) is 0 Å². The van der Waals surface area contributed by atoms with Gasteiger partial charge in [0, 0.05) is 12.8 Å². The van der Waals surface area contributed by atoms with Gasteiger partial charge in [0.1, 0.15) is 0 Å². The fourth-order valence-electron chi connectivity index (χ4n) is 1.85. The fraction of sp³-hybridized carbons (Fsp3) is 0.133. The first kappa shape index (κ1) is 14.9. The molecule has 3 N–H and O–H groups in total. The summed E-state index contributed by atoms with van der Waals surface area (Å²) in [6, 6.07) is 13.7. The number of nitrogens with zero attached hydrogens (tertiary/aromatic N) is 1. The molecule has 2 rings (SSSR count). The molecule has 0 aliphatic heterocycles. The third-order valence-electron chi connectivity index (χ3n) is 3.02. The van der Waals surface area contributed by atoms with E-state index in [-0.39, 0.29) is 0 Å². The molecule has 0 saturated carbocycles. The van der Waals surface area contributed by atoms with Crippen LogP contribution in [0, 0.1) is 11.3 Å². The van der Waals surface area contributed by atoms with Gasteiger partial charge in [-0.3, -0.25) is 0 Å². The largest absolute Gasteiger partial charge is 0.397 e. The van der Waals surface area contributed by atoms with E-state index in [0.29, 0.717) is 22.7 Å². The van der Waals surface area contributed by atoms with Crippen LogP contribution in [0.5, 0.6) is 0 Å². The average molecular weight is 301 g/mol. The third kappa shape index (κ3) is 3.74. The number of nitriles is 1. The predicted molar refractivity (Wildman–Crippen MR) is 82.4 cm³/mol. The molecule has 2 aromatic rings. The van der Waals surface area contributed by atoms with Crippen molar-refractivity contribution in [2.45, 2.75) is 11.4 Å². The van der Waals surface area contributed by atoms with Gasteiger partial charge in [0.05, 0.1) is 27.9 Å². The summed E-state index contributed by atoms with van der Waals surface area (Å²) in [5.74, 6) is 0. The highest BCUT2D eigenvalue weighted by atomic mass is 32.2. The molecule has 0 bridgehead atoms. The highest BCUT2D eigenvalue weighted by Gasteiger charge is 2.06. The second kappa shape index (κ2) is 5.85. The molecule has 0 saturated heterocycles. The highest BCUT2D eigenvalue weighted by Crippen LogP contribution is 2.20. The van der Waals surface area contributed by atoms with Gasteiger partial charge in [-0.2, -0.15) is 5.26 Å². The van der Waals surface area contributed by atoms with E-state index in [1.807, 2.05) is 6.07 Å². The summed E-state index contributed by atoms with van der Waals surface area (Å²) in [6.07, 6.45) is 1.18. The molecule has 0 atom stereocenters. The summed E-state index contributed by atoms with van der Waals surface area (Å²) in [6.45, 7) is 0.514. The van der Waals surface area contributed by atoms with E-state index in [9.17, 15) is 8.42 Å². The van der Waals surface area contributed by atoms with Crippen molar-refractivity contribution in [3.63, 3.8) is 0 Å². The minimum absolute atomic E-state index is 0.295. The van der Waals surface area contributed by atoms with Crippen LogP contribution < -0.4 is 11.1 Å². The minimum atomic E-state index is -3.17. The lowest BCUT2D eigenvalue weighted by Gasteiger charge is -2.10. The molecule has 0 aliphatic rings. The van der Waals surface area contributed by atoms with Crippen molar-refractivity contribution < 1.29 is 8.42 Å². The number of benzene rings is 2. The first-order valence-electron chi connectivity index (χ1n) is 6.22. The maximum Gasteiger partial charge on any atom is 0.175 e. The fourth-order valence-corrected chi connectivity index (χ4v) is 2.48. The number of nitrogens with two attached hydrogens (primary N) is 1. The number of hydrogen-bond donors (Lipinski definition) is 2. The summed E-state index contributed by atoms with van der Waals surface area (Å²) >= 11 is 0. The smallest absolute Gasteiger partial charge is 0.175 e. The van der Waals surface area contributed by atoms with Gasteiger partial charge in [-0.05, 0) is 35.9 Å². The maximum atomic E-state index is 11.4. The van der Waals surface area contributed by atoms with Crippen LogP contribution in [-0.2, 0) is 16.4 Å². The quantitative estimate of drug-likeness (QED) is 0.844. The number of sulfone groups is 1. The molecule has 0 amide bonds. The van der Waals surface area contributed by atoms with Crippen molar-refractivity contribution in [2.75, 3.05) is 17.3 Å². The van der Waals surface area contributed by atoms with Crippen LogP contribution in [0.15, 0.2) is 47.4 Å². The van der Waals surface area contributed by atoms with Gasteiger partial charge in [-0.1, -0.05) is 12.1 Å². The first-order valence-corrected chi connectivity index (χ1v) is 8.12. The summed E-state index contributed by atoms with van der Waals surface area (Å²) < 4.78 is 22.7. The van der Waals surface area contributed by atoms with Crippen LogP contribution in [0.1, 0.15) is 11.1 Å². The molecule has 6 heteroatoms. The van der Waals surface area contributed by atoms with Crippen LogP contribution in [0.4, 0.5) is 11.4 Å². The van der Waals surface area contributed by atoms with E-state index in [4.69, 9.17) is 11.0 Å². The molecule has 0 radical (unpaired) electrons. The van der Waals surface area contributed by atoms with Gasteiger partial charge < -0.3 is 11.1 Å². The maximum absolute atomic E-state index is 11.4. The standard InChI is InChI=1S/C15H15N3O2S/c1-21(19,20)13-5-2-11(3-6-13)10-18-15-7-4-12(9-16)8-14(15)17/h2-8,18H,10,17H2,1H3. The summed E-state index contributed by atoms with van der Waals surface area (Å²) in [4.78, 5) is 0.295. The lowest BCUT2D eigenvalue weighted by atomic mass is 10.1. The van der Waals surface area contributed by atoms with E-state index in [0.717, 1.165) is 11.3 Å². The zero-order valence-corrected chi connectivity index (χ0v) is 12.3. The summed E-state index contributed by atoms with van der Waals surface area (Å²) in [5, 5.41) is 11.9. The Kier molecular flexibility index (Phi) is 4.15. The van der Waals surface area contributed by atoms with Gasteiger partial charge in [0.2, 0.25) is 0 Å². The van der Waals surface area contributed by atoms with Gasteiger partial charge in [0.25, 0.3) is 0 Å². The molecule has 0 aliphatic carbocycles. The van der Waals surface area contributed by atoms with Crippen LogP contribution in [0.2, 0.25) is 0 Å². The first-order chi connectivity index (χ1) is 9.90. The third-order valence-corrected chi connectivity index (χ3v) is 4.14. The molecule has 0 unspecified atom stereocenters. The van der Waals surface area contributed by atoms with Crippen LogP contribution in [-0.4, -0.2) is 14.7 Å². The highest BCUT2D eigenvalue weighted by molar-refractivity contribution is 7.90. The van der Waals surface area contributed by atoms with Gasteiger partial charge in [-0.25, -0.2) is 8.42 Å². The zero-order chi connectivity index (χ0) is 15.5. The number of nitrogens with one attached hydrogen (secondary N) is 1. The molecule has 108 valence electrons. The monoisotopic (exact) mass is 301 g/mol. The molecule has 0 fully saturated rings. The Hall–Kier alpha value is -2.52. The van der Waals surface area contributed by atoms with Crippen molar-refractivity contribution in [3.8, 4) is 6.07 Å². The van der Waals surface area contributed by atoms with Gasteiger partial charge in [-0.15, -0.1) is 0 Å². The van der Waals surface area contributed by atoms with E-state index in [1.165, 1.54) is 6.26 Å². The summed E-state index contributed by atoms with van der Waals surface area (Å²) in [5.41, 5.74) is 8.53. The minimum Gasteiger partial charge on any atom is -0.397 e. The normalized spacial score (nSPS) is 10.9. The van der Waals surface area contributed by atoms with Crippen molar-refractivity contribution in [2.24, 2.45) is 0 Å². The lowest BCUT2D eigenvalue weighted by Crippen LogP contribution is -2.03. The van der Waals surface area contributed by atoms with Crippen molar-refractivity contribution >= 4 is 21.2 Å². The second-order valence-electron chi connectivity index (χ2n) is 4.68. The van der Waals surface area contributed by atoms with Gasteiger partial charge >= 0.3 is 0 Å². The van der Waals surface area contributed by atoms with E-state index < -0.39 is 9.84 Å². The Labute approximate surface area is 123 Å². The lowest BCUT2D eigenvalue weighted by molar-refractivity contribution is 0.602. The Morgan fingerprint density at radius 2 is 1.86 bits per heavy atom. The number of hydrogen-bond acceptors (Lipinski definition) is 5. The molecule has 21 heavy (non-hydrogen) atoms. The Balaban J connectivity index is 2.09. The van der Waals surface area contributed by atoms with Crippen molar-refractivity contribution in [3.05, 3.63) is 53.6 Å². The molecule has 5 nitrogen and oxygen atoms in total. The number of rotatable bonds is 4. The number of anilines is 2. The second-order valence-corrected chi connectivity index (χ2v) is 6.70. The molecular formula is C15H15N3O2S. The molecule has 0 spiro atoms. The predicted octanol–water partition coefficient (Wildman–Crippen LogP) is 2.16. The zero-order valence-electron chi connectivity index (χ0n) is 11.5. The molecular weight excluding hydrogens is 286 g/mol. The topological polar surface area (TPSA) is 96.0 Å². The van der Waals surface area contributed by atoms with E-state index in [1.54, 1.807) is 42.5 Å². The Bertz CT molecular complexity index is 791. The average Bonchev–Trinajstić information content (AvgIpc) is 2.45. The molecule has 2 aromatic carbocycles. The van der Waals surface area contributed by atoms with E-state index >= 15 is 0 Å². The summed E-state index contributed by atoms with van der Waals surface area (Å²) in [7, 11) is -3.17. The Morgan fingerprint density at radius 1 is 1.19 bits per heavy atom. The molecule has 0 heterocycles. The molecule has 0 aromatic heterocycles. The SMILES string of the molecule is CS(=O)(=O)c1ccc(CNc2ccc(C#N)cc2N)cc1. The Morgan fingerprint density at radius 3 is 2.38 bits per heavy atom. The van der Waals surface area contributed by atoms with Crippen LogP contribution >= 0.6 is 0 Å². The van der Waals surface area contributed by atoms with Crippen LogP contribution in [0.3, 0.4) is 0 Å².